The van der Waals surface area contributed by atoms with Gasteiger partial charge in [0.05, 0.1) is 7.11 Å². The number of rotatable bonds is 5. The first-order valence-corrected chi connectivity index (χ1v) is 5.58. The molecule has 92 valence electrons. The van der Waals surface area contributed by atoms with Gasteiger partial charge in [0.25, 0.3) is 0 Å². The van der Waals surface area contributed by atoms with Gasteiger partial charge in [0.1, 0.15) is 5.75 Å². The van der Waals surface area contributed by atoms with E-state index in [4.69, 9.17) is 9.84 Å². The molecule has 1 aromatic carbocycles. The standard InChI is InChI=1S/C14H18O3/c1-10-8-12(6-4-5-7-14(15)16)13(17-3)9-11(10)2/h4,6,8-9H,5,7H2,1-3H3,(H,15,16)/b6-4+. The van der Waals surface area contributed by atoms with E-state index in [1.165, 1.54) is 11.1 Å². The predicted octanol–water partition coefficient (Wildman–Crippen LogP) is 3.19. The maximum atomic E-state index is 10.4. The van der Waals surface area contributed by atoms with Crippen molar-refractivity contribution in [2.75, 3.05) is 7.11 Å². The van der Waals surface area contributed by atoms with E-state index in [-0.39, 0.29) is 6.42 Å². The number of hydrogen-bond acceptors (Lipinski definition) is 2. The zero-order valence-electron chi connectivity index (χ0n) is 10.5. The molecule has 1 rings (SSSR count). The molecule has 0 radical (unpaired) electrons. The van der Waals surface area contributed by atoms with Gasteiger partial charge in [-0.3, -0.25) is 4.79 Å². The molecule has 0 aromatic heterocycles. The number of carbonyl (C=O) groups is 1. The molecule has 0 spiro atoms. The van der Waals surface area contributed by atoms with Crippen molar-refractivity contribution < 1.29 is 14.6 Å². The Morgan fingerprint density at radius 3 is 2.59 bits per heavy atom. The fourth-order valence-electron chi connectivity index (χ4n) is 1.54. The third-order valence-electron chi connectivity index (χ3n) is 2.67. The Morgan fingerprint density at radius 1 is 1.35 bits per heavy atom. The van der Waals surface area contributed by atoms with Crippen molar-refractivity contribution in [3.05, 3.63) is 34.9 Å². The molecule has 0 saturated heterocycles. The molecule has 0 atom stereocenters. The maximum Gasteiger partial charge on any atom is 0.303 e. The lowest BCUT2D eigenvalue weighted by Crippen LogP contribution is -1.92. The van der Waals surface area contributed by atoms with Gasteiger partial charge in [-0.05, 0) is 43.5 Å². The lowest BCUT2D eigenvalue weighted by molar-refractivity contribution is -0.136. The van der Waals surface area contributed by atoms with Crippen molar-refractivity contribution in [1.29, 1.82) is 0 Å². The van der Waals surface area contributed by atoms with Crippen LogP contribution in [0.15, 0.2) is 18.2 Å². The van der Waals surface area contributed by atoms with Crippen LogP contribution < -0.4 is 4.74 Å². The lowest BCUT2D eigenvalue weighted by Gasteiger charge is -2.08. The van der Waals surface area contributed by atoms with E-state index in [9.17, 15) is 4.79 Å². The van der Waals surface area contributed by atoms with Gasteiger partial charge in [-0.2, -0.15) is 0 Å². The molecule has 0 saturated carbocycles. The zero-order chi connectivity index (χ0) is 12.8. The van der Waals surface area contributed by atoms with Gasteiger partial charge in [0, 0.05) is 12.0 Å². The van der Waals surface area contributed by atoms with Crippen LogP contribution in [0.2, 0.25) is 0 Å². The highest BCUT2D eigenvalue weighted by Crippen LogP contribution is 2.24. The van der Waals surface area contributed by atoms with Gasteiger partial charge in [-0.1, -0.05) is 12.2 Å². The molecule has 0 heterocycles. The van der Waals surface area contributed by atoms with Gasteiger partial charge in [-0.15, -0.1) is 0 Å². The maximum absolute atomic E-state index is 10.4. The summed E-state index contributed by atoms with van der Waals surface area (Å²) in [6.07, 6.45) is 4.46. The summed E-state index contributed by atoms with van der Waals surface area (Å²) in [4.78, 5) is 10.4. The molecule has 0 amide bonds. The number of benzene rings is 1. The molecule has 0 aliphatic carbocycles. The average molecular weight is 234 g/mol. The fraction of sp³-hybridized carbons (Fsp3) is 0.357. The number of aliphatic carboxylic acids is 1. The third-order valence-corrected chi connectivity index (χ3v) is 2.67. The first-order valence-electron chi connectivity index (χ1n) is 5.58. The van der Waals surface area contributed by atoms with E-state index >= 15 is 0 Å². The molecule has 0 aliphatic heterocycles. The molecule has 1 aromatic rings. The van der Waals surface area contributed by atoms with Crippen LogP contribution in [0.1, 0.15) is 29.5 Å². The van der Waals surface area contributed by atoms with Crippen molar-refractivity contribution in [2.24, 2.45) is 0 Å². The minimum absolute atomic E-state index is 0.156. The smallest absolute Gasteiger partial charge is 0.303 e. The SMILES string of the molecule is COc1cc(C)c(C)cc1/C=C/CCC(=O)O. The summed E-state index contributed by atoms with van der Waals surface area (Å²) < 4.78 is 5.29. The second kappa shape index (κ2) is 6.09. The van der Waals surface area contributed by atoms with Gasteiger partial charge in [0.2, 0.25) is 0 Å². The number of hydrogen-bond donors (Lipinski definition) is 1. The van der Waals surface area contributed by atoms with Crippen LogP contribution in [0.3, 0.4) is 0 Å². The average Bonchev–Trinajstić information content (AvgIpc) is 2.28. The van der Waals surface area contributed by atoms with Gasteiger partial charge in [0.15, 0.2) is 0 Å². The third kappa shape index (κ3) is 3.94. The molecule has 3 heteroatoms. The van der Waals surface area contributed by atoms with E-state index in [1.54, 1.807) is 7.11 Å². The molecule has 1 N–H and O–H groups in total. The Hall–Kier alpha value is -1.77. The van der Waals surface area contributed by atoms with Gasteiger partial charge < -0.3 is 9.84 Å². The molecule has 3 nitrogen and oxygen atoms in total. The Labute approximate surface area is 102 Å². The first kappa shape index (κ1) is 13.3. The van der Waals surface area contributed by atoms with Crippen molar-refractivity contribution in [1.82, 2.24) is 0 Å². The minimum atomic E-state index is -0.776. The highest BCUT2D eigenvalue weighted by atomic mass is 16.5. The summed E-state index contributed by atoms with van der Waals surface area (Å²) >= 11 is 0. The van der Waals surface area contributed by atoms with Crippen LogP contribution in [0.25, 0.3) is 6.08 Å². The summed E-state index contributed by atoms with van der Waals surface area (Å²) in [6, 6.07) is 4.04. The fourth-order valence-corrected chi connectivity index (χ4v) is 1.54. The number of methoxy groups -OCH3 is 1. The van der Waals surface area contributed by atoms with Crippen LogP contribution in [-0.2, 0) is 4.79 Å². The Morgan fingerprint density at radius 2 is 2.00 bits per heavy atom. The van der Waals surface area contributed by atoms with Crippen LogP contribution >= 0.6 is 0 Å². The number of ether oxygens (including phenoxy) is 1. The summed E-state index contributed by atoms with van der Waals surface area (Å²) in [5.74, 6) is 0.0429. The van der Waals surface area contributed by atoms with Crippen molar-refractivity contribution >= 4 is 12.0 Å². The topological polar surface area (TPSA) is 46.5 Å². The lowest BCUT2D eigenvalue weighted by atomic mass is 10.0. The van der Waals surface area contributed by atoms with E-state index < -0.39 is 5.97 Å². The van der Waals surface area contributed by atoms with Crippen LogP contribution in [0.4, 0.5) is 0 Å². The molecular formula is C14H18O3. The normalized spacial score (nSPS) is 10.8. The van der Waals surface area contributed by atoms with Crippen LogP contribution in [0, 0.1) is 13.8 Å². The van der Waals surface area contributed by atoms with Crippen molar-refractivity contribution in [2.45, 2.75) is 26.7 Å². The molecule has 17 heavy (non-hydrogen) atoms. The summed E-state index contributed by atoms with van der Waals surface area (Å²) in [6.45, 7) is 4.08. The highest BCUT2D eigenvalue weighted by Gasteiger charge is 2.02. The first-order chi connectivity index (χ1) is 8.04. The summed E-state index contributed by atoms with van der Waals surface area (Å²) in [5, 5.41) is 8.53. The van der Waals surface area contributed by atoms with Gasteiger partial charge in [-0.25, -0.2) is 0 Å². The van der Waals surface area contributed by atoms with E-state index in [0.717, 1.165) is 11.3 Å². The van der Waals surface area contributed by atoms with E-state index in [1.807, 2.05) is 38.1 Å². The second-order valence-electron chi connectivity index (χ2n) is 4.01. The monoisotopic (exact) mass is 234 g/mol. The second-order valence-corrected chi connectivity index (χ2v) is 4.01. The molecule has 0 unspecified atom stereocenters. The predicted molar refractivity (Wildman–Crippen MR) is 68.4 cm³/mol. The molecule has 0 fully saturated rings. The summed E-state index contributed by atoms with van der Waals surface area (Å²) in [5.41, 5.74) is 3.37. The van der Waals surface area contributed by atoms with Crippen LogP contribution in [0.5, 0.6) is 5.75 Å². The quantitative estimate of drug-likeness (QED) is 0.851. The Bertz CT molecular complexity index is 433. The largest absolute Gasteiger partial charge is 0.496 e. The number of aryl methyl sites for hydroxylation is 2. The van der Waals surface area contributed by atoms with Crippen molar-refractivity contribution in [3.8, 4) is 5.75 Å². The number of carboxylic acids is 1. The highest BCUT2D eigenvalue weighted by molar-refractivity contribution is 5.67. The van der Waals surface area contributed by atoms with E-state index in [2.05, 4.69) is 0 Å². The molecule has 0 aliphatic rings. The Kier molecular flexibility index (Phi) is 4.76. The van der Waals surface area contributed by atoms with Crippen LogP contribution in [-0.4, -0.2) is 18.2 Å². The Balaban J connectivity index is 2.82. The van der Waals surface area contributed by atoms with E-state index in [0.29, 0.717) is 6.42 Å². The minimum Gasteiger partial charge on any atom is -0.496 e. The number of allylic oxidation sites excluding steroid dienone is 1. The van der Waals surface area contributed by atoms with Crippen molar-refractivity contribution in [3.63, 3.8) is 0 Å². The summed E-state index contributed by atoms with van der Waals surface area (Å²) in [7, 11) is 1.64. The zero-order valence-corrected chi connectivity index (χ0v) is 10.5. The molecular weight excluding hydrogens is 216 g/mol. The molecule has 0 bridgehead atoms. The van der Waals surface area contributed by atoms with Gasteiger partial charge >= 0.3 is 5.97 Å². The number of carboxylic acid groups (broad SMARTS) is 1.